The third-order valence-corrected chi connectivity index (χ3v) is 3.10. The summed E-state index contributed by atoms with van der Waals surface area (Å²) in [5.74, 6) is 0.0180. The van der Waals surface area contributed by atoms with Gasteiger partial charge in [-0.15, -0.1) is 0 Å². The van der Waals surface area contributed by atoms with Crippen molar-refractivity contribution in [3.63, 3.8) is 0 Å². The molecular weight excluding hydrogens is 234 g/mol. The second kappa shape index (κ2) is 4.94. The molecule has 0 unspecified atom stereocenters. The molecule has 0 spiro atoms. The van der Waals surface area contributed by atoms with Gasteiger partial charge in [0.15, 0.2) is 0 Å². The van der Waals surface area contributed by atoms with Crippen molar-refractivity contribution >= 4 is 5.78 Å². The van der Waals surface area contributed by atoms with Gasteiger partial charge in [0.2, 0.25) is 5.78 Å². The minimum atomic E-state index is 0.0180. The maximum atomic E-state index is 12.5. The third kappa shape index (κ3) is 2.20. The van der Waals surface area contributed by atoms with Crippen LogP contribution < -0.4 is 0 Å². The lowest BCUT2D eigenvalue weighted by Crippen LogP contribution is -2.03. The molecule has 2 nitrogen and oxygen atoms in total. The van der Waals surface area contributed by atoms with Gasteiger partial charge >= 0.3 is 0 Å². The summed E-state index contributed by atoms with van der Waals surface area (Å²) < 4.78 is 0. The van der Waals surface area contributed by atoms with Crippen LogP contribution in [0.5, 0.6) is 0 Å². The van der Waals surface area contributed by atoms with Crippen molar-refractivity contribution in [3.8, 4) is 11.1 Å². The van der Waals surface area contributed by atoms with E-state index in [0.29, 0.717) is 5.69 Å². The minimum absolute atomic E-state index is 0.0180. The largest absolute Gasteiger partial charge is 0.359 e. The lowest BCUT2D eigenvalue weighted by atomic mass is 9.96. The second-order valence-electron chi connectivity index (χ2n) is 4.32. The summed E-state index contributed by atoms with van der Waals surface area (Å²) in [6.45, 7) is 0. The Labute approximate surface area is 111 Å². The van der Waals surface area contributed by atoms with Gasteiger partial charge in [0.25, 0.3) is 0 Å². The number of nitrogens with one attached hydrogen (secondary N) is 1. The smallest absolute Gasteiger partial charge is 0.209 e. The molecular formula is C17H13NO. The van der Waals surface area contributed by atoms with E-state index in [9.17, 15) is 4.79 Å². The van der Waals surface area contributed by atoms with Crippen molar-refractivity contribution < 1.29 is 4.79 Å². The van der Waals surface area contributed by atoms with Crippen molar-refractivity contribution in [1.29, 1.82) is 0 Å². The lowest BCUT2D eigenvalue weighted by molar-refractivity contribution is 0.103. The Morgan fingerprint density at radius 1 is 0.789 bits per heavy atom. The molecule has 1 aromatic heterocycles. The summed E-state index contributed by atoms with van der Waals surface area (Å²) in [5, 5.41) is 0. The number of rotatable bonds is 3. The zero-order valence-electron chi connectivity index (χ0n) is 10.3. The molecule has 0 aliphatic carbocycles. The van der Waals surface area contributed by atoms with E-state index in [0.717, 1.165) is 16.7 Å². The number of H-pyrrole nitrogens is 1. The summed E-state index contributed by atoms with van der Waals surface area (Å²) in [7, 11) is 0. The second-order valence-corrected chi connectivity index (χ2v) is 4.32. The number of benzene rings is 2. The predicted octanol–water partition coefficient (Wildman–Crippen LogP) is 3.91. The highest BCUT2D eigenvalue weighted by atomic mass is 16.1. The third-order valence-electron chi connectivity index (χ3n) is 3.10. The standard InChI is InChI=1S/C17H13NO/c19-17(16-11-6-12-18-16)15-10-5-4-9-14(15)13-7-2-1-3-8-13/h1-12,18H. The molecule has 0 amide bonds. The van der Waals surface area contributed by atoms with Crippen LogP contribution in [0.2, 0.25) is 0 Å². The number of carbonyl (C=O) groups is 1. The summed E-state index contributed by atoms with van der Waals surface area (Å²) in [6.07, 6.45) is 1.76. The molecule has 2 heteroatoms. The zero-order valence-corrected chi connectivity index (χ0v) is 10.3. The highest BCUT2D eigenvalue weighted by molar-refractivity contribution is 6.11. The maximum Gasteiger partial charge on any atom is 0.209 e. The van der Waals surface area contributed by atoms with E-state index in [1.165, 1.54) is 0 Å². The van der Waals surface area contributed by atoms with Gasteiger partial charge in [0.05, 0.1) is 5.69 Å². The fourth-order valence-corrected chi connectivity index (χ4v) is 2.17. The molecule has 0 radical (unpaired) electrons. The Kier molecular flexibility index (Phi) is 2.99. The van der Waals surface area contributed by atoms with Crippen LogP contribution in [0.1, 0.15) is 16.1 Å². The Bertz CT molecular complexity index is 684. The molecule has 0 aliphatic rings. The van der Waals surface area contributed by atoms with E-state index in [-0.39, 0.29) is 5.78 Å². The van der Waals surface area contributed by atoms with Crippen LogP contribution >= 0.6 is 0 Å². The molecule has 92 valence electrons. The molecule has 2 aromatic carbocycles. The van der Waals surface area contributed by atoms with Gasteiger partial charge in [-0.1, -0.05) is 54.6 Å². The number of aromatic amines is 1. The van der Waals surface area contributed by atoms with Crippen molar-refractivity contribution in [2.24, 2.45) is 0 Å². The van der Waals surface area contributed by atoms with Gasteiger partial charge in [0.1, 0.15) is 0 Å². The normalized spacial score (nSPS) is 10.3. The van der Waals surface area contributed by atoms with Gasteiger partial charge in [-0.3, -0.25) is 4.79 Å². The molecule has 0 fully saturated rings. The van der Waals surface area contributed by atoms with E-state index >= 15 is 0 Å². The summed E-state index contributed by atoms with van der Waals surface area (Å²) in [4.78, 5) is 15.4. The maximum absolute atomic E-state index is 12.5. The van der Waals surface area contributed by atoms with Gasteiger partial charge in [0, 0.05) is 11.8 Å². The van der Waals surface area contributed by atoms with Crippen LogP contribution in [0.15, 0.2) is 72.9 Å². The summed E-state index contributed by atoms with van der Waals surface area (Å²) >= 11 is 0. The Balaban J connectivity index is 2.11. The van der Waals surface area contributed by atoms with E-state index in [4.69, 9.17) is 0 Å². The van der Waals surface area contributed by atoms with Crippen molar-refractivity contribution in [2.45, 2.75) is 0 Å². The molecule has 0 saturated heterocycles. The molecule has 0 aliphatic heterocycles. The van der Waals surface area contributed by atoms with Gasteiger partial charge in [-0.2, -0.15) is 0 Å². The number of ketones is 1. The zero-order chi connectivity index (χ0) is 13.1. The van der Waals surface area contributed by atoms with Crippen molar-refractivity contribution in [2.75, 3.05) is 0 Å². The van der Waals surface area contributed by atoms with Crippen molar-refractivity contribution in [1.82, 2.24) is 4.98 Å². The molecule has 19 heavy (non-hydrogen) atoms. The van der Waals surface area contributed by atoms with E-state index in [2.05, 4.69) is 4.98 Å². The monoisotopic (exact) mass is 247 g/mol. The van der Waals surface area contributed by atoms with Gasteiger partial charge in [-0.25, -0.2) is 0 Å². The van der Waals surface area contributed by atoms with Gasteiger partial charge in [-0.05, 0) is 23.3 Å². The Hall–Kier alpha value is -2.61. The number of aromatic nitrogens is 1. The number of hydrogen-bond acceptors (Lipinski definition) is 1. The van der Waals surface area contributed by atoms with Crippen LogP contribution in [0.3, 0.4) is 0 Å². The fraction of sp³-hybridized carbons (Fsp3) is 0. The summed E-state index contributed by atoms with van der Waals surface area (Å²) in [5.41, 5.74) is 3.35. The average molecular weight is 247 g/mol. The van der Waals surface area contributed by atoms with Crippen LogP contribution in [-0.2, 0) is 0 Å². The van der Waals surface area contributed by atoms with E-state index in [1.54, 1.807) is 12.3 Å². The van der Waals surface area contributed by atoms with Crippen LogP contribution in [-0.4, -0.2) is 10.8 Å². The fourth-order valence-electron chi connectivity index (χ4n) is 2.17. The first-order valence-corrected chi connectivity index (χ1v) is 6.19. The molecule has 0 saturated carbocycles. The molecule has 3 aromatic rings. The number of carbonyl (C=O) groups excluding carboxylic acids is 1. The molecule has 0 atom stereocenters. The average Bonchev–Trinajstić information content (AvgIpc) is 3.02. The first-order valence-electron chi connectivity index (χ1n) is 6.19. The SMILES string of the molecule is O=C(c1ccc[nH]1)c1ccccc1-c1ccccc1. The predicted molar refractivity (Wildman–Crippen MR) is 76.1 cm³/mol. The quantitative estimate of drug-likeness (QED) is 0.699. The summed E-state index contributed by atoms with van der Waals surface area (Å²) in [6, 6.07) is 21.3. The number of hydrogen-bond donors (Lipinski definition) is 1. The van der Waals surface area contributed by atoms with Crippen LogP contribution in [0, 0.1) is 0 Å². The first-order chi connectivity index (χ1) is 9.36. The molecule has 3 rings (SSSR count). The highest BCUT2D eigenvalue weighted by Crippen LogP contribution is 2.25. The molecule has 0 bridgehead atoms. The first kappa shape index (κ1) is 11.5. The van der Waals surface area contributed by atoms with E-state index < -0.39 is 0 Å². The Morgan fingerprint density at radius 2 is 1.53 bits per heavy atom. The molecule has 1 N–H and O–H groups in total. The van der Waals surface area contributed by atoms with Crippen LogP contribution in [0.25, 0.3) is 11.1 Å². The lowest BCUT2D eigenvalue weighted by Gasteiger charge is -2.08. The highest BCUT2D eigenvalue weighted by Gasteiger charge is 2.14. The molecule has 1 heterocycles. The van der Waals surface area contributed by atoms with Crippen LogP contribution in [0.4, 0.5) is 0 Å². The van der Waals surface area contributed by atoms with Gasteiger partial charge < -0.3 is 4.98 Å². The minimum Gasteiger partial charge on any atom is -0.359 e. The Morgan fingerprint density at radius 3 is 2.26 bits per heavy atom. The van der Waals surface area contributed by atoms with E-state index in [1.807, 2.05) is 60.7 Å². The topological polar surface area (TPSA) is 32.9 Å². The van der Waals surface area contributed by atoms with Crippen molar-refractivity contribution in [3.05, 3.63) is 84.2 Å².